The van der Waals surface area contributed by atoms with Gasteiger partial charge >= 0.3 is 5.97 Å². The van der Waals surface area contributed by atoms with Gasteiger partial charge in [-0.25, -0.2) is 4.98 Å². The molecule has 7 heteroatoms. The third-order valence-electron chi connectivity index (χ3n) is 2.11. The second-order valence-electron chi connectivity index (χ2n) is 3.61. The van der Waals surface area contributed by atoms with E-state index in [-0.39, 0.29) is 12.4 Å². The number of aromatic nitrogens is 3. The van der Waals surface area contributed by atoms with Gasteiger partial charge in [0, 0.05) is 6.42 Å². The number of nitrogens with zero attached hydrogens (tertiary/aromatic N) is 3. The van der Waals surface area contributed by atoms with Crippen LogP contribution in [0.1, 0.15) is 29.8 Å². The largest absolute Gasteiger partial charge is 0.480 e. The standard InChI is InChI=1S/C11H14N4O3/c1-3-5-8-12-10(14-13-8)11(18)15(6-4-2)7-9(16)17/h2H,3,5-7H2,1H3,(H,16,17)(H,12,13,14). The van der Waals surface area contributed by atoms with Gasteiger partial charge < -0.3 is 10.0 Å². The van der Waals surface area contributed by atoms with Gasteiger partial charge in [0.25, 0.3) is 5.91 Å². The van der Waals surface area contributed by atoms with Crippen molar-refractivity contribution in [1.82, 2.24) is 20.1 Å². The molecule has 0 unspecified atom stereocenters. The zero-order valence-electron chi connectivity index (χ0n) is 10.0. The lowest BCUT2D eigenvalue weighted by molar-refractivity contribution is -0.137. The fourth-order valence-corrected chi connectivity index (χ4v) is 1.35. The highest BCUT2D eigenvalue weighted by molar-refractivity contribution is 5.92. The molecule has 1 heterocycles. The quantitative estimate of drug-likeness (QED) is 0.688. The van der Waals surface area contributed by atoms with E-state index in [1.807, 2.05) is 6.92 Å². The normalized spacial score (nSPS) is 9.78. The molecule has 0 saturated carbocycles. The number of aryl methyl sites for hydroxylation is 1. The van der Waals surface area contributed by atoms with E-state index >= 15 is 0 Å². The number of H-pyrrole nitrogens is 1. The molecule has 0 aliphatic heterocycles. The SMILES string of the molecule is C#CCN(CC(=O)O)C(=O)c1n[nH]c(CCC)n1. The van der Waals surface area contributed by atoms with Gasteiger partial charge in [-0.2, -0.15) is 0 Å². The highest BCUT2D eigenvalue weighted by Crippen LogP contribution is 2.01. The van der Waals surface area contributed by atoms with Crippen molar-refractivity contribution >= 4 is 11.9 Å². The van der Waals surface area contributed by atoms with Crippen molar-refractivity contribution in [3.8, 4) is 12.3 Å². The Hall–Kier alpha value is -2.36. The number of hydrogen-bond acceptors (Lipinski definition) is 4. The number of terminal acetylenes is 1. The van der Waals surface area contributed by atoms with Crippen molar-refractivity contribution in [2.75, 3.05) is 13.1 Å². The Kier molecular flexibility index (Phi) is 4.87. The number of carbonyl (C=O) groups excluding carboxylic acids is 1. The Morgan fingerprint density at radius 3 is 2.83 bits per heavy atom. The first-order valence-corrected chi connectivity index (χ1v) is 5.44. The van der Waals surface area contributed by atoms with E-state index in [0.717, 1.165) is 11.3 Å². The van der Waals surface area contributed by atoms with Crippen LogP contribution in [0.5, 0.6) is 0 Å². The van der Waals surface area contributed by atoms with Gasteiger partial charge in [0.15, 0.2) is 0 Å². The van der Waals surface area contributed by atoms with E-state index in [2.05, 4.69) is 21.1 Å². The maximum atomic E-state index is 11.9. The first kappa shape index (κ1) is 13.7. The number of hydrogen-bond donors (Lipinski definition) is 2. The van der Waals surface area contributed by atoms with E-state index in [0.29, 0.717) is 12.2 Å². The van der Waals surface area contributed by atoms with Gasteiger partial charge in [-0.3, -0.25) is 14.7 Å². The van der Waals surface area contributed by atoms with Crippen molar-refractivity contribution in [3.63, 3.8) is 0 Å². The van der Waals surface area contributed by atoms with E-state index in [1.165, 1.54) is 0 Å². The van der Waals surface area contributed by atoms with Crippen LogP contribution in [0.15, 0.2) is 0 Å². The Morgan fingerprint density at radius 2 is 2.28 bits per heavy atom. The number of nitrogens with one attached hydrogen (secondary N) is 1. The van der Waals surface area contributed by atoms with Gasteiger partial charge in [0.2, 0.25) is 5.82 Å². The van der Waals surface area contributed by atoms with Crippen molar-refractivity contribution in [3.05, 3.63) is 11.6 Å². The predicted molar refractivity (Wildman–Crippen MR) is 62.8 cm³/mol. The molecule has 1 rings (SSSR count). The van der Waals surface area contributed by atoms with Gasteiger partial charge in [-0.05, 0) is 6.42 Å². The molecule has 0 aliphatic carbocycles. The molecule has 0 saturated heterocycles. The fourth-order valence-electron chi connectivity index (χ4n) is 1.35. The summed E-state index contributed by atoms with van der Waals surface area (Å²) in [5, 5.41) is 15.1. The minimum atomic E-state index is -1.14. The average Bonchev–Trinajstić information content (AvgIpc) is 2.76. The smallest absolute Gasteiger partial charge is 0.323 e. The molecular weight excluding hydrogens is 236 g/mol. The fraction of sp³-hybridized carbons (Fsp3) is 0.455. The predicted octanol–water partition coefficient (Wildman–Crippen LogP) is -0.0828. The molecule has 0 bridgehead atoms. The summed E-state index contributed by atoms with van der Waals surface area (Å²) in [4.78, 5) is 27.5. The van der Waals surface area contributed by atoms with Crippen LogP contribution in [-0.4, -0.2) is 50.2 Å². The Morgan fingerprint density at radius 1 is 1.56 bits per heavy atom. The van der Waals surface area contributed by atoms with E-state index in [4.69, 9.17) is 11.5 Å². The summed E-state index contributed by atoms with van der Waals surface area (Å²) in [6, 6.07) is 0. The molecule has 1 amide bonds. The molecule has 0 spiro atoms. The summed E-state index contributed by atoms with van der Waals surface area (Å²) in [5.74, 6) is 1.04. The number of amides is 1. The van der Waals surface area contributed by atoms with Gasteiger partial charge in [0.05, 0.1) is 6.54 Å². The average molecular weight is 250 g/mol. The summed E-state index contributed by atoms with van der Waals surface area (Å²) in [5.41, 5.74) is 0. The summed E-state index contributed by atoms with van der Waals surface area (Å²) in [6.45, 7) is 1.41. The summed E-state index contributed by atoms with van der Waals surface area (Å²) < 4.78 is 0. The third-order valence-corrected chi connectivity index (χ3v) is 2.11. The molecule has 7 nitrogen and oxygen atoms in total. The second kappa shape index (κ2) is 6.39. The molecule has 0 aliphatic rings. The van der Waals surface area contributed by atoms with Gasteiger partial charge in [-0.1, -0.05) is 12.8 Å². The molecular formula is C11H14N4O3. The summed E-state index contributed by atoms with van der Waals surface area (Å²) in [6.07, 6.45) is 6.63. The topological polar surface area (TPSA) is 99.2 Å². The van der Waals surface area contributed by atoms with Crippen LogP contribution >= 0.6 is 0 Å². The summed E-state index contributed by atoms with van der Waals surface area (Å²) >= 11 is 0. The van der Waals surface area contributed by atoms with E-state index in [1.54, 1.807) is 0 Å². The maximum absolute atomic E-state index is 11.9. The van der Waals surface area contributed by atoms with Crippen LogP contribution in [0, 0.1) is 12.3 Å². The molecule has 1 aromatic rings. The number of carboxylic acids is 1. The van der Waals surface area contributed by atoms with Crippen molar-refractivity contribution in [2.45, 2.75) is 19.8 Å². The maximum Gasteiger partial charge on any atom is 0.323 e. The highest BCUT2D eigenvalue weighted by Gasteiger charge is 2.21. The molecule has 0 radical (unpaired) electrons. The van der Waals surface area contributed by atoms with Crippen LogP contribution in [0.2, 0.25) is 0 Å². The number of aliphatic carboxylic acids is 1. The Balaban J connectivity index is 2.81. The summed E-state index contributed by atoms with van der Waals surface area (Å²) in [7, 11) is 0. The van der Waals surface area contributed by atoms with E-state index < -0.39 is 18.4 Å². The number of rotatable bonds is 6. The lowest BCUT2D eigenvalue weighted by Crippen LogP contribution is -2.36. The van der Waals surface area contributed by atoms with Crippen molar-refractivity contribution < 1.29 is 14.7 Å². The zero-order chi connectivity index (χ0) is 13.5. The van der Waals surface area contributed by atoms with E-state index in [9.17, 15) is 9.59 Å². The number of carbonyl (C=O) groups is 2. The van der Waals surface area contributed by atoms with Gasteiger partial charge in [0.1, 0.15) is 12.4 Å². The van der Waals surface area contributed by atoms with Gasteiger partial charge in [-0.15, -0.1) is 11.5 Å². The molecule has 0 fully saturated rings. The monoisotopic (exact) mass is 250 g/mol. The lowest BCUT2D eigenvalue weighted by atomic mass is 10.3. The third kappa shape index (κ3) is 3.59. The molecule has 18 heavy (non-hydrogen) atoms. The Bertz CT molecular complexity index is 475. The first-order valence-electron chi connectivity index (χ1n) is 5.44. The number of carboxylic acid groups (broad SMARTS) is 1. The minimum Gasteiger partial charge on any atom is -0.480 e. The first-order chi connectivity index (χ1) is 8.58. The zero-order valence-corrected chi connectivity index (χ0v) is 10.0. The van der Waals surface area contributed by atoms with Crippen molar-refractivity contribution in [1.29, 1.82) is 0 Å². The molecule has 0 aromatic carbocycles. The highest BCUT2D eigenvalue weighted by atomic mass is 16.4. The van der Waals surface area contributed by atoms with Crippen LogP contribution < -0.4 is 0 Å². The lowest BCUT2D eigenvalue weighted by Gasteiger charge is -2.15. The van der Waals surface area contributed by atoms with Crippen molar-refractivity contribution in [2.24, 2.45) is 0 Å². The van der Waals surface area contributed by atoms with Crippen LogP contribution in [0.4, 0.5) is 0 Å². The Labute approximate surface area is 104 Å². The molecule has 2 N–H and O–H groups in total. The van der Waals surface area contributed by atoms with Crippen LogP contribution in [0.25, 0.3) is 0 Å². The molecule has 0 atom stereocenters. The second-order valence-corrected chi connectivity index (χ2v) is 3.61. The number of aromatic amines is 1. The minimum absolute atomic E-state index is 0.0602. The van der Waals surface area contributed by atoms with Crippen LogP contribution in [0.3, 0.4) is 0 Å². The van der Waals surface area contributed by atoms with Crippen LogP contribution in [-0.2, 0) is 11.2 Å². The molecule has 96 valence electrons. The molecule has 1 aromatic heterocycles.